The lowest BCUT2D eigenvalue weighted by Crippen LogP contribution is -2.11. The van der Waals surface area contributed by atoms with Crippen LogP contribution in [0.5, 0.6) is 17.2 Å². The van der Waals surface area contributed by atoms with E-state index >= 15 is 0 Å². The summed E-state index contributed by atoms with van der Waals surface area (Å²) in [7, 11) is 1.57. The summed E-state index contributed by atoms with van der Waals surface area (Å²) >= 11 is 7.96. The third kappa shape index (κ3) is 3.08. The third-order valence-electron chi connectivity index (χ3n) is 2.60. The second kappa shape index (κ2) is 6.19. The van der Waals surface area contributed by atoms with Gasteiger partial charge in [0, 0.05) is 5.56 Å². The molecule has 0 unspecified atom stereocenters. The Balaban J connectivity index is 2.29. The van der Waals surface area contributed by atoms with Crippen LogP contribution < -0.4 is 15.2 Å². The van der Waals surface area contributed by atoms with Crippen molar-refractivity contribution in [3.8, 4) is 17.2 Å². The Morgan fingerprint density at radius 1 is 1.15 bits per heavy atom. The minimum absolute atomic E-state index is 0.0852. The van der Waals surface area contributed by atoms with Crippen molar-refractivity contribution in [1.82, 2.24) is 0 Å². The Labute approximate surface area is 129 Å². The highest BCUT2D eigenvalue weighted by molar-refractivity contribution is 9.10. The fourth-order valence-corrected chi connectivity index (χ4v) is 2.41. The fraction of sp³-hybridized carbons (Fsp3) is 0.0714. The van der Waals surface area contributed by atoms with Crippen molar-refractivity contribution in [3.05, 3.63) is 52.3 Å². The second-order valence-corrected chi connectivity index (χ2v) is 5.11. The number of benzene rings is 2. The number of hydrogen-bond donors (Lipinski definition) is 1. The van der Waals surface area contributed by atoms with E-state index in [1.165, 1.54) is 6.07 Å². The van der Waals surface area contributed by atoms with Crippen LogP contribution in [-0.4, -0.2) is 12.1 Å². The summed E-state index contributed by atoms with van der Waals surface area (Å²) in [5.74, 6) is 0.732. The van der Waals surface area contributed by atoms with Gasteiger partial charge in [-0.25, -0.2) is 4.39 Å². The van der Waals surface area contributed by atoms with Gasteiger partial charge in [0.2, 0.25) is 0 Å². The van der Waals surface area contributed by atoms with Crippen molar-refractivity contribution in [2.75, 3.05) is 7.11 Å². The zero-order valence-corrected chi connectivity index (χ0v) is 12.9. The van der Waals surface area contributed by atoms with Crippen LogP contribution in [0.1, 0.15) is 5.56 Å². The number of ether oxygens (including phenoxy) is 2. The van der Waals surface area contributed by atoms with Crippen molar-refractivity contribution < 1.29 is 13.9 Å². The fourth-order valence-electron chi connectivity index (χ4n) is 1.57. The summed E-state index contributed by atoms with van der Waals surface area (Å²) in [6.07, 6.45) is 0. The first-order valence-electron chi connectivity index (χ1n) is 5.62. The molecule has 0 aromatic heterocycles. The lowest BCUT2D eigenvalue weighted by molar-refractivity contribution is 0.411. The molecule has 0 fully saturated rings. The van der Waals surface area contributed by atoms with Crippen molar-refractivity contribution in [3.63, 3.8) is 0 Å². The van der Waals surface area contributed by atoms with E-state index in [1.54, 1.807) is 37.4 Å². The van der Waals surface area contributed by atoms with Crippen molar-refractivity contribution in [1.29, 1.82) is 0 Å². The van der Waals surface area contributed by atoms with Gasteiger partial charge >= 0.3 is 0 Å². The molecule has 2 aromatic carbocycles. The predicted molar refractivity (Wildman–Crippen MR) is 83.1 cm³/mol. The first-order chi connectivity index (χ1) is 9.52. The highest BCUT2D eigenvalue weighted by atomic mass is 79.9. The normalized spacial score (nSPS) is 10.2. The van der Waals surface area contributed by atoms with E-state index in [2.05, 4.69) is 15.9 Å². The smallest absolute Gasteiger partial charge is 0.180 e. The number of thiocarbonyl (C=S) groups is 1. The van der Waals surface area contributed by atoms with Crippen LogP contribution in [0.25, 0.3) is 0 Å². The van der Waals surface area contributed by atoms with Crippen LogP contribution >= 0.6 is 28.1 Å². The summed E-state index contributed by atoms with van der Waals surface area (Å²) in [6, 6.07) is 9.92. The largest absolute Gasteiger partial charge is 0.497 e. The Morgan fingerprint density at radius 2 is 1.75 bits per heavy atom. The molecular weight excluding hydrogens is 345 g/mol. The average Bonchev–Trinajstić information content (AvgIpc) is 2.44. The monoisotopic (exact) mass is 355 g/mol. The zero-order chi connectivity index (χ0) is 14.7. The summed E-state index contributed by atoms with van der Waals surface area (Å²) in [5, 5.41) is 0. The topological polar surface area (TPSA) is 44.5 Å². The molecule has 0 amide bonds. The average molecular weight is 356 g/mol. The molecular formula is C14H11BrFNO2S. The minimum atomic E-state index is -0.550. The first-order valence-corrected chi connectivity index (χ1v) is 6.82. The van der Waals surface area contributed by atoms with Gasteiger partial charge in [-0.15, -0.1) is 0 Å². The van der Waals surface area contributed by atoms with Crippen LogP contribution in [0.4, 0.5) is 4.39 Å². The summed E-state index contributed by atoms with van der Waals surface area (Å²) in [6.45, 7) is 0. The lowest BCUT2D eigenvalue weighted by Gasteiger charge is -2.10. The Kier molecular flexibility index (Phi) is 4.57. The van der Waals surface area contributed by atoms with E-state index in [9.17, 15) is 4.39 Å². The SMILES string of the molecule is COc1ccc(Oc2ccc(C(N)=S)c(Br)c2F)cc1. The molecule has 0 spiro atoms. The molecule has 0 aliphatic rings. The molecule has 0 aliphatic carbocycles. The van der Waals surface area contributed by atoms with E-state index in [-0.39, 0.29) is 15.2 Å². The van der Waals surface area contributed by atoms with E-state index in [0.29, 0.717) is 17.1 Å². The maximum absolute atomic E-state index is 14.1. The lowest BCUT2D eigenvalue weighted by atomic mass is 10.2. The standard InChI is InChI=1S/C14H11BrFNO2S/c1-18-8-2-4-9(5-3-8)19-11-7-6-10(14(17)20)12(15)13(11)16/h2-7H,1H3,(H2,17,20). The van der Waals surface area contributed by atoms with Gasteiger partial charge in [0.05, 0.1) is 11.6 Å². The van der Waals surface area contributed by atoms with Crippen LogP contribution in [-0.2, 0) is 0 Å². The Morgan fingerprint density at radius 3 is 2.30 bits per heavy atom. The summed E-state index contributed by atoms with van der Waals surface area (Å²) in [4.78, 5) is 0.117. The van der Waals surface area contributed by atoms with Crippen molar-refractivity contribution in [2.45, 2.75) is 0 Å². The molecule has 2 rings (SSSR count). The summed E-state index contributed by atoms with van der Waals surface area (Å²) < 4.78 is 24.9. The molecule has 0 saturated heterocycles. The number of rotatable bonds is 4. The van der Waals surface area contributed by atoms with E-state index in [1.807, 2.05) is 0 Å². The van der Waals surface area contributed by atoms with Crippen LogP contribution in [0.2, 0.25) is 0 Å². The van der Waals surface area contributed by atoms with Gasteiger partial charge in [0.15, 0.2) is 11.6 Å². The number of halogens is 2. The molecule has 3 nitrogen and oxygen atoms in total. The quantitative estimate of drug-likeness (QED) is 0.841. The van der Waals surface area contributed by atoms with Gasteiger partial charge in [-0.1, -0.05) is 12.2 Å². The van der Waals surface area contributed by atoms with Gasteiger partial charge in [-0.2, -0.15) is 0 Å². The van der Waals surface area contributed by atoms with Gasteiger partial charge in [0.25, 0.3) is 0 Å². The molecule has 6 heteroatoms. The molecule has 0 atom stereocenters. The summed E-state index contributed by atoms with van der Waals surface area (Å²) in [5.41, 5.74) is 5.93. The minimum Gasteiger partial charge on any atom is -0.497 e. The molecule has 0 aliphatic heterocycles. The molecule has 20 heavy (non-hydrogen) atoms. The number of nitrogens with two attached hydrogens (primary N) is 1. The zero-order valence-electron chi connectivity index (χ0n) is 10.5. The molecule has 0 bridgehead atoms. The molecule has 0 radical (unpaired) electrons. The van der Waals surface area contributed by atoms with Crippen LogP contribution in [0.3, 0.4) is 0 Å². The van der Waals surface area contributed by atoms with Crippen LogP contribution in [0.15, 0.2) is 40.9 Å². The molecule has 2 N–H and O–H groups in total. The van der Waals surface area contributed by atoms with Gasteiger partial charge in [0.1, 0.15) is 16.5 Å². The molecule has 2 aromatic rings. The maximum atomic E-state index is 14.1. The highest BCUT2D eigenvalue weighted by Gasteiger charge is 2.14. The first kappa shape index (κ1) is 14.7. The number of methoxy groups -OCH3 is 1. The predicted octanol–water partition coefficient (Wildman–Crippen LogP) is 4.02. The molecule has 0 saturated carbocycles. The Hall–Kier alpha value is -1.66. The van der Waals surface area contributed by atoms with E-state index < -0.39 is 5.82 Å². The van der Waals surface area contributed by atoms with Crippen molar-refractivity contribution in [2.24, 2.45) is 5.73 Å². The van der Waals surface area contributed by atoms with Crippen molar-refractivity contribution >= 4 is 33.1 Å². The van der Waals surface area contributed by atoms with Crippen LogP contribution in [0, 0.1) is 5.82 Å². The van der Waals surface area contributed by atoms with Gasteiger partial charge in [-0.3, -0.25) is 0 Å². The molecule has 0 heterocycles. The Bertz CT molecular complexity index is 646. The number of hydrogen-bond acceptors (Lipinski definition) is 3. The van der Waals surface area contributed by atoms with Gasteiger partial charge < -0.3 is 15.2 Å². The third-order valence-corrected chi connectivity index (χ3v) is 3.59. The van der Waals surface area contributed by atoms with E-state index in [4.69, 9.17) is 27.4 Å². The van der Waals surface area contributed by atoms with Gasteiger partial charge in [-0.05, 0) is 52.3 Å². The maximum Gasteiger partial charge on any atom is 0.180 e. The molecule has 104 valence electrons. The highest BCUT2D eigenvalue weighted by Crippen LogP contribution is 2.32. The second-order valence-electron chi connectivity index (χ2n) is 3.88. The van der Waals surface area contributed by atoms with E-state index in [0.717, 1.165) is 0 Å².